The summed E-state index contributed by atoms with van der Waals surface area (Å²) in [6.45, 7) is 1.84. The average Bonchev–Trinajstić information content (AvgIpc) is 2.45. The number of aliphatic hydroxyl groups is 1. The highest BCUT2D eigenvalue weighted by atomic mass is 35.5. The van der Waals surface area contributed by atoms with Crippen molar-refractivity contribution in [3.8, 4) is 0 Å². The van der Waals surface area contributed by atoms with Crippen LogP contribution in [0.15, 0.2) is 6.20 Å². The minimum absolute atomic E-state index is 0.233. The summed E-state index contributed by atoms with van der Waals surface area (Å²) in [5.74, 6) is 0. The highest BCUT2D eigenvalue weighted by Crippen LogP contribution is 2.16. The van der Waals surface area contributed by atoms with E-state index in [2.05, 4.69) is 10.3 Å². The van der Waals surface area contributed by atoms with E-state index in [-0.39, 0.29) is 6.61 Å². The van der Waals surface area contributed by atoms with Gasteiger partial charge in [-0.3, -0.25) is 0 Å². The Morgan fingerprint density at radius 2 is 2.50 bits per heavy atom. The summed E-state index contributed by atoms with van der Waals surface area (Å²) in [5, 5.41) is 11.7. The van der Waals surface area contributed by atoms with E-state index in [1.165, 1.54) is 11.3 Å². The molecule has 5 heteroatoms. The number of thiazole rings is 1. The van der Waals surface area contributed by atoms with E-state index in [9.17, 15) is 0 Å². The maximum Gasteiger partial charge on any atom is 0.183 e. The molecule has 0 saturated heterocycles. The largest absolute Gasteiger partial charge is 0.396 e. The van der Waals surface area contributed by atoms with Crippen LogP contribution in [0, 0.1) is 0 Å². The number of hydrogen-bond donors (Lipinski definition) is 2. The minimum Gasteiger partial charge on any atom is -0.396 e. The molecule has 12 heavy (non-hydrogen) atoms. The lowest BCUT2D eigenvalue weighted by Crippen LogP contribution is -2.14. The van der Waals surface area contributed by atoms with Crippen LogP contribution in [-0.4, -0.2) is 23.2 Å². The van der Waals surface area contributed by atoms with Gasteiger partial charge >= 0.3 is 0 Å². The van der Waals surface area contributed by atoms with Gasteiger partial charge in [0.1, 0.15) is 0 Å². The molecule has 1 aromatic rings. The summed E-state index contributed by atoms with van der Waals surface area (Å²) < 4.78 is 0.578. The number of aromatic nitrogens is 1. The second-order valence-electron chi connectivity index (χ2n) is 2.33. The fourth-order valence-corrected chi connectivity index (χ4v) is 1.73. The van der Waals surface area contributed by atoms with Crippen molar-refractivity contribution in [2.75, 3.05) is 13.2 Å². The number of halogens is 1. The van der Waals surface area contributed by atoms with E-state index >= 15 is 0 Å². The van der Waals surface area contributed by atoms with Crippen molar-refractivity contribution >= 4 is 22.9 Å². The second-order valence-corrected chi connectivity index (χ2v) is 4.03. The molecule has 0 unspecified atom stereocenters. The maximum absolute atomic E-state index is 8.50. The molecule has 0 aromatic carbocycles. The highest BCUT2D eigenvalue weighted by molar-refractivity contribution is 7.15. The lowest BCUT2D eigenvalue weighted by atomic mass is 10.4. The molecule has 0 atom stereocenters. The smallest absolute Gasteiger partial charge is 0.183 e. The molecule has 0 aliphatic carbocycles. The molecule has 0 saturated carbocycles. The fraction of sp³-hybridized carbons (Fsp3) is 0.571. The van der Waals surface area contributed by atoms with Crippen molar-refractivity contribution in [2.45, 2.75) is 13.0 Å². The Balaban J connectivity index is 2.15. The van der Waals surface area contributed by atoms with Crippen LogP contribution in [0.1, 0.15) is 11.3 Å². The van der Waals surface area contributed by atoms with Gasteiger partial charge in [0.25, 0.3) is 0 Å². The number of aliphatic hydroxyl groups excluding tert-OH is 1. The summed E-state index contributed by atoms with van der Waals surface area (Å²) in [5.41, 5.74) is 0. The van der Waals surface area contributed by atoms with Crippen molar-refractivity contribution in [3.05, 3.63) is 15.5 Å². The second kappa shape index (κ2) is 5.48. The molecule has 1 aromatic heterocycles. The van der Waals surface area contributed by atoms with Gasteiger partial charge in [-0.15, -0.1) is 11.3 Å². The molecule has 1 rings (SSSR count). The van der Waals surface area contributed by atoms with Gasteiger partial charge in [0.05, 0.1) is 0 Å². The van der Waals surface area contributed by atoms with Crippen LogP contribution in [0.4, 0.5) is 0 Å². The summed E-state index contributed by atoms with van der Waals surface area (Å²) in [6.07, 6.45) is 2.55. The topological polar surface area (TPSA) is 45.1 Å². The zero-order valence-corrected chi connectivity index (χ0v) is 8.16. The van der Waals surface area contributed by atoms with E-state index < -0.39 is 0 Å². The molecule has 68 valence electrons. The molecule has 0 bridgehead atoms. The third kappa shape index (κ3) is 3.49. The molecular formula is C7H11ClN2OS. The molecule has 0 aliphatic rings. The first-order chi connectivity index (χ1) is 5.83. The van der Waals surface area contributed by atoms with Gasteiger partial charge < -0.3 is 10.4 Å². The Kier molecular flexibility index (Phi) is 4.53. The lowest BCUT2D eigenvalue weighted by Gasteiger charge is -1.98. The van der Waals surface area contributed by atoms with Gasteiger partial charge in [-0.1, -0.05) is 11.6 Å². The van der Waals surface area contributed by atoms with E-state index in [4.69, 9.17) is 16.7 Å². The maximum atomic E-state index is 8.50. The summed E-state index contributed by atoms with van der Waals surface area (Å²) in [7, 11) is 0. The van der Waals surface area contributed by atoms with E-state index in [0.29, 0.717) is 4.47 Å². The lowest BCUT2D eigenvalue weighted by molar-refractivity contribution is 0.286. The van der Waals surface area contributed by atoms with Crippen LogP contribution in [-0.2, 0) is 6.54 Å². The molecule has 0 spiro atoms. The SMILES string of the molecule is OCCCNCc1cnc(Cl)s1. The monoisotopic (exact) mass is 206 g/mol. The summed E-state index contributed by atoms with van der Waals surface area (Å²) in [6, 6.07) is 0. The van der Waals surface area contributed by atoms with Gasteiger partial charge in [-0.05, 0) is 13.0 Å². The molecule has 0 radical (unpaired) electrons. The van der Waals surface area contributed by atoms with Gasteiger partial charge in [-0.25, -0.2) is 4.98 Å². The molecular weight excluding hydrogens is 196 g/mol. The van der Waals surface area contributed by atoms with Crippen LogP contribution in [0.5, 0.6) is 0 Å². The molecule has 0 fully saturated rings. The zero-order chi connectivity index (χ0) is 8.81. The minimum atomic E-state index is 0.233. The van der Waals surface area contributed by atoms with Gasteiger partial charge in [0.2, 0.25) is 0 Å². The van der Waals surface area contributed by atoms with Crippen molar-refractivity contribution in [1.82, 2.24) is 10.3 Å². The van der Waals surface area contributed by atoms with Gasteiger partial charge in [0.15, 0.2) is 4.47 Å². The third-order valence-electron chi connectivity index (χ3n) is 1.34. The first-order valence-electron chi connectivity index (χ1n) is 3.74. The molecule has 2 N–H and O–H groups in total. The quantitative estimate of drug-likeness (QED) is 0.714. The summed E-state index contributed by atoms with van der Waals surface area (Å²) in [4.78, 5) is 5.03. The first-order valence-corrected chi connectivity index (χ1v) is 4.94. The van der Waals surface area contributed by atoms with Gasteiger partial charge in [0, 0.05) is 24.2 Å². The van der Waals surface area contributed by atoms with Crippen LogP contribution < -0.4 is 5.32 Å². The molecule has 0 amide bonds. The van der Waals surface area contributed by atoms with Crippen molar-refractivity contribution in [2.24, 2.45) is 0 Å². The highest BCUT2D eigenvalue weighted by Gasteiger charge is 1.97. The standard InChI is InChI=1S/C7H11ClN2OS/c8-7-10-5-6(12-7)4-9-2-1-3-11/h5,9,11H,1-4H2. The van der Waals surface area contributed by atoms with Crippen molar-refractivity contribution in [1.29, 1.82) is 0 Å². The molecule has 1 heterocycles. The van der Waals surface area contributed by atoms with Crippen LogP contribution in [0.3, 0.4) is 0 Å². The predicted molar refractivity (Wildman–Crippen MR) is 50.5 cm³/mol. The normalized spacial score (nSPS) is 10.5. The average molecular weight is 207 g/mol. The molecule has 3 nitrogen and oxygen atoms in total. The Morgan fingerprint density at radius 3 is 3.08 bits per heavy atom. The van der Waals surface area contributed by atoms with Gasteiger partial charge in [-0.2, -0.15) is 0 Å². The third-order valence-corrected chi connectivity index (χ3v) is 2.45. The van der Waals surface area contributed by atoms with Crippen LogP contribution in [0.2, 0.25) is 4.47 Å². The van der Waals surface area contributed by atoms with E-state index in [0.717, 1.165) is 24.4 Å². The first kappa shape index (κ1) is 9.92. The number of rotatable bonds is 5. The number of nitrogens with one attached hydrogen (secondary N) is 1. The zero-order valence-electron chi connectivity index (χ0n) is 6.59. The molecule has 0 aliphatic heterocycles. The Hall–Kier alpha value is -0.160. The van der Waals surface area contributed by atoms with E-state index in [1.807, 2.05) is 0 Å². The van der Waals surface area contributed by atoms with E-state index in [1.54, 1.807) is 6.20 Å². The van der Waals surface area contributed by atoms with Crippen molar-refractivity contribution in [3.63, 3.8) is 0 Å². The number of hydrogen-bond acceptors (Lipinski definition) is 4. The Labute approximate surface area is 80.4 Å². The Morgan fingerprint density at radius 1 is 1.67 bits per heavy atom. The van der Waals surface area contributed by atoms with Crippen molar-refractivity contribution < 1.29 is 5.11 Å². The fourth-order valence-electron chi connectivity index (χ4n) is 0.781. The number of nitrogens with zero attached hydrogens (tertiary/aromatic N) is 1. The summed E-state index contributed by atoms with van der Waals surface area (Å²) >= 11 is 7.12. The van der Waals surface area contributed by atoms with Crippen LogP contribution in [0.25, 0.3) is 0 Å². The predicted octanol–water partition coefficient (Wildman–Crippen LogP) is 1.27. The van der Waals surface area contributed by atoms with Crippen LogP contribution >= 0.6 is 22.9 Å². The Bertz CT molecular complexity index is 229.